The van der Waals surface area contributed by atoms with Crippen LogP contribution in [0.15, 0.2) is 42.7 Å². The van der Waals surface area contributed by atoms with Crippen LogP contribution < -0.4 is 4.90 Å². The summed E-state index contributed by atoms with van der Waals surface area (Å²) in [6.07, 6.45) is 3.53. The van der Waals surface area contributed by atoms with Crippen LogP contribution in [0.1, 0.15) is 11.3 Å². The maximum atomic E-state index is 8.79. The topological polar surface area (TPSA) is 52.8 Å². The highest BCUT2D eigenvalue weighted by Crippen LogP contribution is 2.12. The SMILES string of the molecule is CN(Cc1ccncc1)c1cccc(C#N)n1. The summed E-state index contributed by atoms with van der Waals surface area (Å²) < 4.78 is 0. The molecule has 2 heterocycles. The van der Waals surface area contributed by atoms with Crippen LogP contribution in [0.3, 0.4) is 0 Å². The Morgan fingerprint density at radius 2 is 2.00 bits per heavy atom. The lowest BCUT2D eigenvalue weighted by Crippen LogP contribution is -2.17. The van der Waals surface area contributed by atoms with Crippen LogP contribution in [-0.4, -0.2) is 17.0 Å². The fourth-order valence-electron chi connectivity index (χ4n) is 1.54. The number of hydrogen-bond donors (Lipinski definition) is 0. The van der Waals surface area contributed by atoms with Crippen molar-refractivity contribution in [2.24, 2.45) is 0 Å². The van der Waals surface area contributed by atoms with Crippen molar-refractivity contribution in [3.63, 3.8) is 0 Å². The molecule has 0 radical (unpaired) electrons. The van der Waals surface area contributed by atoms with Crippen molar-refractivity contribution in [1.29, 1.82) is 5.26 Å². The number of rotatable bonds is 3. The molecule has 0 aromatic carbocycles. The van der Waals surface area contributed by atoms with Gasteiger partial charge in [-0.2, -0.15) is 5.26 Å². The summed E-state index contributed by atoms with van der Waals surface area (Å²) in [5.74, 6) is 0.792. The van der Waals surface area contributed by atoms with Crippen LogP contribution in [0.4, 0.5) is 5.82 Å². The second-order valence-corrected chi connectivity index (χ2v) is 3.70. The fraction of sp³-hybridized carbons (Fsp3) is 0.154. The molecular weight excluding hydrogens is 212 g/mol. The van der Waals surface area contributed by atoms with E-state index in [0.29, 0.717) is 5.69 Å². The molecule has 2 rings (SSSR count). The molecule has 17 heavy (non-hydrogen) atoms. The van der Waals surface area contributed by atoms with Crippen molar-refractivity contribution >= 4 is 5.82 Å². The average Bonchev–Trinajstić information content (AvgIpc) is 2.40. The Hall–Kier alpha value is -2.41. The Morgan fingerprint density at radius 1 is 1.24 bits per heavy atom. The number of aromatic nitrogens is 2. The molecular formula is C13H12N4. The van der Waals surface area contributed by atoms with Gasteiger partial charge >= 0.3 is 0 Å². The molecule has 0 aliphatic carbocycles. The second kappa shape index (κ2) is 5.08. The van der Waals surface area contributed by atoms with Gasteiger partial charge in [0.1, 0.15) is 17.6 Å². The molecule has 2 aromatic heterocycles. The van der Waals surface area contributed by atoms with Gasteiger partial charge in [0, 0.05) is 26.0 Å². The van der Waals surface area contributed by atoms with Crippen LogP contribution in [0.5, 0.6) is 0 Å². The third-order valence-corrected chi connectivity index (χ3v) is 2.41. The predicted molar refractivity (Wildman–Crippen MR) is 65.3 cm³/mol. The van der Waals surface area contributed by atoms with Crippen LogP contribution in [0.25, 0.3) is 0 Å². The highest BCUT2D eigenvalue weighted by Gasteiger charge is 2.04. The minimum Gasteiger partial charge on any atom is -0.355 e. The Balaban J connectivity index is 2.15. The smallest absolute Gasteiger partial charge is 0.142 e. The highest BCUT2D eigenvalue weighted by atomic mass is 15.2. The Kier molecular flexibility index (Phi) is 3.31. The molecule has 0 spiro atoms. The van der Waals surface area contributed by atoms with Gasteiger partial charge in [-0.15, -0.1) is 0 Å². The van der Waals surface area contributed by atoms with Gasteiger partial charge in [0.05, 0.1) is 0 Å². The van der Waals surface area contributed by atoms with Crippen LogP contribution in [0, 0.1) is 11.3 Å². The zero-order chi connectivity index (χ0) is 12.1. The summed E-state index contributed by atoms with van der Waals surface area (Å²) >= 11 is 0. The van der Waals surface area contributed by atoms with Gasteiger partial charge in [0.25, 0.3) is 0 Å². The molecule has 0 N–H and O–H groups in total. The molecule has 0 aliphatic rings. The average molecular weight is 224 g/mol. The Morgan fingerprint density at radius 3 is 2.71 bits per heavy atom. The summed E-state index contributed by atoms with van der Waals surface area (Å²) in [4.78, 5) is 10.2. The Labute approximate surface area is 100 Å². The quantitative estimate of drug-likeness (QED) is 0.800. The minimum atomic E-state index is 0.434. The molecule has 0 bridgehead atoms. The van der Waals surface area contributed by atoms with Crippen molar-refractivity contribution in [2.45, 2.75) is 6.54 Å². The normalized spacial score (nSPS) is 9.65. The lowest BCUT2D eigenvalue weighted by Gasteiger charge is -2.17. The van der Waals surface area contributed by atoms with Gasteiger partial charge in [-0.1, -0.05) is 6.07 Å². The maximum Gasteiger partial charge on any atom is 0.142 e. The van der Waals surface area contributed by atoms with E-state index in [1.165, 1.54) is 0 Å². The molecule has 2 aromatic rings. The van der Waals surface area contributed by atoms with Gasteiger partial charge in [0.2, 0.25) is 0 Å². The van der Waals surface area contributed by atoms with E-state index in [1.807, 2.05) is 42.3 Å². The molecule has 0 atom stereocenters. The van der Waals surface area contributed by atoms with Gasteiger partial charge in [-0.3, -0.25) is 4.98 Å². The minimum absolute atomic E-state index is 0.434. The summed E-state index contributed by atoms with van der Waals surface area (Å²) in [6.45, 7) is 0.740. The number of anilines is 1. The molecule has 4 nitrogen and oxygen atoms in total. The molecule has 0 amide bonds. The third kappa shape index (κ3) is 2.79. The van der Waals surface area contributed by atoms with E-state index in [0.717, 1.165) is 17.9 Å². The molecule has 0 unspecified atom stereocenters. The van der Waals surface area contributed by atoms with Gasteiger partial charge in [-0.25, -0.2) is 4.98 Å². The van der Waals surface area contributed by atoms with Crippen molar-refractivity contribution in [1.82, 2.24) is 9.97 Å². The largest absolute Gasteiger partial charge is 0.355 e. The highest BCUT2D eigenvalue weighted by molar-refractivity contribution is 5.41. The van der Waals surface area contributed by atoms with E-state index in [2.05, 4.69) is 9.97 Å². The van der Waals surface area contributed by atoms with E-state index in [9.17, 15) is 0 Å². The zero-order valence-electron chi connectivity index (χ0n) is 9.54. The van der Waals surface area contributed by atoms with Crippen LogP contribution in [-0.2, 0) is 6.54 Å². The van der Waals surface area contributed by atoms with E-state index >= 15 is 0 Å². The Bertz CT molecular complexity index is 531. The van der Waals surface area contributed by atoms with Crippen molar-refractivity contribution in [3.8, 4) is 6.07 Å². The lowest BCUT2D eigenvalue weighted by atomic mass is 10.2. The first kappa shape index (κ1) is 11.1. The summed E-state index contributed by atoms with van der Waals surface area (Å²) in [7, 11) is 1.95. The van der Waals surface area contributed by atoms with Crippen molar-refractivity contribution in [2.75, 3.05) is 11.9 Å². The summed E-state index contributed by atoms with van der Waals surface area (Å²) in [6, 6.07) is 11.4. The zero-order valence-corrected chi connectivity index (χ0v) is 9.54. The third-order valence-electron chi connectivity index (χ3n) is 2.41. The van der Waals surface area contributed by atoms with Crippen molar-refractivity contribution < 1.29 is 0 Å². The number of hydrogen-bond acceptors (Lipinski definition) is 4. The summed E-state index contributed by atoms with van der Waals surface area (Å²) in [5.41, 5.74) is 1.59. The van der Waals surface area contributed by atoms with Gasteiger partial charge in [0.15, 0.2) is 0 Å². The van der Waals surface area contributed by atoms with Crippen molar-refractivity contribution in [3.05, 3.63) is 54.0 Å². The summed E-state index contributed by atoms with van der Waals surface area (Å²) in [5, 5.41) is 8.79. The number of nitrogens with zero attached hydrogens (tertiary/aromatic N) is 4. The number of nitriles is 1. The first-order chi connectivity index (χ1) is 8.29. The van der Waals surface area contributed by atoms with Crippen LogP contribution >= 0.6 is 0 Å². The molecule has 0 saturated heterocycles. The lowest BCUT2D eigenvalue weighted by molar-refractivity contribution is 0.893. The van der Waals surface area contributed by atoms with Crippen LogP contribution in [0.2, 0.25) is 0 Å². The molecule has 0 fully saturated rings. The van der Waals surface area contributed by atoms with E-state index < -0.39 is 0 Å². The molecule has 84 valence electrons. The predicted octanol–water partition coefficient (Wildman–Crippen LogP) is 1.98. The monoisotopic (exact) mass is 224 g/mol. The first-order valence-corrected chi connectivity index (χ1v) is 5.27. The standard InChI is InChI=1S/C13H12N4/c1-17(10-11-5-7-15-8-6-11)13-4-2-3-12(9-14)16-13/h2-8H,10H2,1H3. The maximum absolute atomic E-state index is 8.79. The van der Waals surface area contributed by atoms with Gasteiger partial charge < -0.3 is 4.90 Å². The first-order valence-electron chi connectivity index (χ1n) is 5.27. The molecule has 0 saturated carbocycles. The van der Waals surface area contributed by atoms with E-state index in [-0.39, 0.29) is 0 Å². The molecule has 0 aliphatic heterocycles. The van der Waals surface area contributed by atoms with Gasteiger partial charge in [-0.05, 0) is 29.8 Å². The second-order valence-electron chi connectivity index (χ2n) is 3.70. The molecule has 4 heteroatoms. The van der Waals surface area contributed by atoms with E-state index in [4.69, 9.17) is 5.26 Å². The van der Waals surface area contributed by atoms with E-state index in [1.54, 1.807) is 18.5 Å². The number of pyridine rings is 2. The fourth-order valence-corrected chi connectivity index (χ4v) is 1.54.